The number of hydrogen-bond donors (Lipinski definition) is 1. The molecule has 4 nitrogen and oxygen atoms in total. The van der Waals surface area contributed by atoms with Crippen molar-refractivity contribution in [1.82, 2.24) is 4.98 Å². The van der Waals surface area contributed by atoms with Gasteiger partial charge in [0.05, 0.1) is 0 Å². The van der Waals surface area contributed by atoms with E-state index in [1.54, 1.807) is 12.1 Å². The molecule has 0 spiro atoms. The van der Waals surface area contributed by atoms with Crippen molar-refractivity contribution in [3.8, 4) is 0 Å². The van der Waals surface area contributed by atoms with Crippen molar-refractivity contribution in [2.24, 2.45) is 5.73 Å². The van der Waals surface area contributed by atoms with Gasteiger partial charge in [0.1, 0.15) is 5.15 Å². The minimum absolute atomic E-state index is 0.345. The van der Waals surface area contributed by atoms with Gasteiger partial charge in [-0.15, -0.1) is 0 Å². The summed E-state index contributed by atoms with van der Waals surface area (Å²) in [5.74, 6) is 0. The molecule has 0 aliphatic heterocycles. The first kappa shape index (κ1) is 9.80. The van der Waals surface area contributed by atoms with Crippen LogP contribution in [0.4, 0.5) is 10.5 Å². The predicted molar refractivity (Wildman–Crippen MR) is 51.9 cm³/mol. The number of carbonyl (C=O) groups is 1. The summed E-state index contributed by atoms with van der Waals surface area (Å²) in [5.41, 5.74) is 5.81. The van der Waals surface area contributed by atoms with E-state index in [1.165, 1.54) is 11.1 Å². The summed E-state index contributed by atoms with van der Waals surface area (Å²) >= 11 is 5.66. The van der Waals surface area contributed by atoms with Gasteiger partial charge in [-0.3, -0.25) is 4.90 Å². The Hall–Kier alpha value is -1.29. The quantitative estimate of drug-likeness (QED) is 0.737. The number of carbonyl (C=O) groups excluding carboxylic acids is 1. The van der Waals surface area contributed by atoms with E-state index in [4.69, 9.17) is 17.3 Å². The lowest BCUT2D eigenvalue weighted by atomic mass is 10.3. The van der Waals surface area contributed by atoms with Gasteiger partial charge in [0.2, 0.25) is 0 Å². The van der Waals surface area contributed by atoms with Crippen molar-refractivity contribution in [2.45, 2.75) is 6.92 Å². The van der Waals surface area contributed by atoms with Gasteiger partial charge in [-0.2, -0.15) is 0 Å². The van der Waals surface area contributed by atoms with Gasteiger partial charge in [-0.05, 0) is 19.1 Å². The lowest BCUT2D eigenvalue weighted by Gasteiger charge is -2.17. The van der Waals surface area contributed by atoms with Gasteiger partial charge in [0.15, 0.2) is 0 Å². The Morgan fingerprint density at radius 2 is 2.46 bits per heavy atom. The third-order valence-corrected chi connectivity index (χ3v) is 1.81. The Kier molecular flexibility index (Phi) is 3.08. The van der Waals surface area contributed by atoms with Crippen molar-refractivity contribution >= 4 is 23.3 Å². The number of rotatable bonds is 2. The predicted octanol–water partition coefficient (Wildman–Crippen LogP) is 1.64. The summed E-state index contributed by atoms with van der Waals surface area (Å²) in [7, 11) is 0. The number of nitrogens with two attached hydrogens (primary N) is 1. The zero-order valence-corrected chi connectivity index (χ0v) is 7.95. The lowest BCUT2D eigenvalue weighted by molar-refractivity contribution is 0.254. The number of halogens is 1. The molecule has 0 saturated heterocycles. The molecule has 0 saturated carbocycles. The first-order valence-corrected chi connectivity index (χ1v) is 4.21. The highest BCUT2D eigenvalue weighted by Gasteiger charge is 2.09. The first-order chi connectivity index (χ1) is 6.15. The minimum atomic E-state index is -0.496. The summed E-state index contributed by atoms with van der Waals surface area (Å²) in [6, 6.07) is 2.78. The first-order valence-electron chi connectivity index (χ1n) is 3.83. The van der Waals surface area contributed by atoms with E-state index in [2.05, 4.69) is 4.98 Å². The summed E-state index contributed by atoms with van der Waals surface area (Å²) in [4.78, 5) is 16.1. The summed E-state index contributed by atoms with van der Waals surface area (Å²) in [5, 5.41) is 0.345. The number of anilines is 1. The average molecular weight is 200 g/mol. The summed E-state index contributed by atoms with van der Waals surface area (Å²) in [6.07, 6.45) is 1.53. The van der Waals surface area contributed by atoms with E-state index in [-0.39, 0.29) is 0 Å². The van der Waals surface area contributed by atoms with Crippen LogP contribution in [-0.4, -0.2) is 17.6 Å². The van der Waals surface area contributed by atoms with Crippen molar-refractivity contribution in [3.63, 3.8) is 0 Å². The van der Waals surface area contributed by atoms with Crippen LogP contribution >= 0.6 is 11.6 Å². The molecule has 2 N–H and O–H groups in total. The molecule has 0 unspecified atom stereocenters. The van der Waals surface area contributed by atoms with E-state index in [1.807, 2.05) is 6.92 Å². The van der Waals surface area contributed by atoms with E-state index in [0.29, 0.717) is 17.4 Å². The molecule has 0 aliphatic carbocycles. The fraction of sp³-hybridized carbons (Fsp3) is 0.250. The molecule has 0 bridgehead atoms. The molecule has 13 heavy (non-hydrogen) atoms. The van der Waals surface area contributed by atoms with Crippen LogP contribution in [0.25, 0.3) is 0 Å². The van der Waals surface area contributed by atoms with Crippen LogP contribution in [0.3, 0.4) is 0 Å². The highest BCUT2D eigenvalue weighted by Crippen LogP contribution is 2.16. The maximum Gasteiger partial charge on any atom is 0.319 e. The van der Waals surface area contributed by atoms with Crippen LogP contribution in [0.1, 0.15) is 6.92 Å². The Labute approximate surface area is 81.3 Å². The number of aromatic nitrogens is 1. The average Bonchev–Trinajstić information content (AvgIpc) is 2.04. The van der Waals surface area contributed by atoms with Crippen molar-refractivity contribution < 1.29 is 4.79 Å². The highest BCUT2D eigenvalue weighted by atomic mass is 35.5. The SMILES string of the molecule is CCN(C(N)=O)c1ccnc(Cl)c1. The molecule has 0 atom stereocenters. The third kappa shape index (κ3) is 2.32. The van der Waals surface area contributed by atoms with Gasteiger partial charge < -0.3 is 5.73 Å². The van der Waals surface area contributed by atoms with Crippen LogP contribution in [0, 0.1) is 0 Å². The number of hydrogen-bond acceptors (Lipinski definition) is 2. The number of amides is 2. The minimum Gasteiger partial charge on any atom is -0.351 e. The van der Waals surface area contributed by atoms with Crippen LogP contribution in [-0.2, 0) is 0 Å². The molecule has 1 rings (SSSR count). The number of pyridine rings is 1. The third-order valence-electron chi connectivity index (χ3n) is 1.60. The molecule has 1 heterocycles. The number of nitrogens with zero attached hydrogens (tertiary/aromatic N) is 2. The van der Waals surface area contributed by atoms with Gasteiger partial charge in [0.25, 0.3) is 0 Å². The maximum absolute atomic E-state index is 10.9. The molecular weight excluding hydrogens is 190 g/mol. The second-order valence-electron chi connectivity index (χ2n) is 2.42. The maximum atomic E-state index is 10.9. The fourth-order valence-corrected chi connectivity index (χ4v) is 1.19. The normalized spacial score (nSPS) is 9.69. The molecule has 0 aromatic carbocycles. The van der Waals surface area contributed by atoms with Gasteiger partial charge >= 0.3 is 6.03 Å². The number of urea groups is 1. The van der Waals surface area contributed by atoms with Crippen LogP contribution in [0.2, 0.25) is 5.15 Å². The standard InChI is InChI=1S/C8H10ClN3O/c1-2-12(8(10)13)6-3-4-11-7(9)5-6/h3-5H,2H2,1H3,(H2,10,13). The molecule has 70 valence electrons. The summed E-state index contributed by atoms with van der Waals surface area (Å²) < 4.78 is 0. The molecule has 1 aromatic heterocycles. The molecular formula is C8H10ClN3O. The van der Waals surface area contributed by atoms with E-state index in [9.17, 15) is 4.79 Å². The van der Waals surface area contributed by atoms with Crippen LogP contribution in [0.5, 0.6) is 0 Å². The topological polar surface area (TPSA) is 59.2 Å². The highest BCUT2D eigenvalue weighted by molar-refractivity contribution is 6.29. The van der Waals surface area contributed by atoms with E-state index >= 15 is 0 Å². The van der Waals surface area contributed by atoms with Gasteiger partial charge in [-0.1, -0.05) is 11.6 Å². The Morgan fingerprint density at radius 1 is 1.77 bits per heavy atom. The zero-order valence-electron chi connectivity index (χ0n) is 7.20. The Balaban J connectivity index is 2.98. The van der Waals surface area contributed by atoms with E-state index in [0.717, 1.165) is 0 Å². The largest absolute Gasteiger partial charge is 0.351 e. The van der Waals surface area contributed by atoms with Crippen LogP contribution < -0.4 is 10.6 Å². The summed E-state index contributed by atoms with van der Waals surface area (Å²) in [6.45, 7) is 2.34. The molecule has 0 fully saturated rings. The smallest absolute Gasteiger partial charge is 0.319 e. The molecule has 2 amide bonds. The zero-order chi connectivity index (χ0) is 9.84. The number of primary amides is 1. The van der Waals surface area contributed by atoms with Crippen molar-refractivity contribution in [3.05, 3.63) is 23.5 Å². The monoisotopic (exact) mass is 199 g/mol. The van der Waals surface area contributed by atoms with E-state index < -0.39 is 6.03 Å². The lowest BCUT2D eigenvalue weighted by Crippen LogP contribution is -2.35. The van der Waals surface area contributed by atoms with Crippen LogP contribution in [0.15, 0.2) is 18.3 Å². The molecule has 0 aliphatic rings. The van der Waals surface area contributed by atoms with Crippen molar-refractivity contribution in [2.75, 3.05) is 11.4 Å². The fourth-order valence-electron chi connectivity index (χ4n) is 1.03. The second-order valence-corrected chi connectivity index (χ2v) is 2.81. The molecule has 5 heteroatoms. The van der Waals surface area contributed by atoms with Gasteiger partial charge in [-0.25, -0.2) is 9.78 Å². The second kappa shape index (κ2) is 4.09. The Morgan fingerprint density at radius 3 is 2.92 bits per heavy atom. The Bertz CT molecular complexity index is 316. The molecule has 0 radical (unpaired) electrons. The molecule has 1 aromatic rings. The van der Waals surface area contributed by atoms with Crippen molar-refractivity contribution in [1.29, 1.82) is 0 Å². The van der Waals surface area contributed by atoms with Gasteiger partial charge in [0, 0.05) is 18.4 Å².